The first-order valence-corrected chi connectivity index (χ1v) is 15.2. The summed E-state index contributed by atoms with van der Waals surface area (Å²) < 4.78 is 0. The molecular weight excluding hydrogens is 530 g/mol. The first-order valence-electron chi connectivity index (χ1n) is 15.2. The van der Waals surface area contributed by atoms with Gasteiger partial charge in [-0.25, -0.2) is 0 Å². The summed E-state index contributed by atoms with van der Waals surface area (Å²) in [4.78, 5) is 2.30. The van der Waals surface area contributed by atoms with Gasteiger partial charge in [0.25, 0.3) is 0 Å². The van der Waals surface area contributed by atoms with Crippen LogP contribution in [0.1, 0.15) is 11.1 Å². The van der Waals surface area contributed by atoms with Gasteiger partial charge in [-0.05, 0) is 111 Å². The zero-order valence-corrected chi connectivity index (χ0v) is 24.4. The Morgan fingerprint density at radius 1 is 0.295 bits per heavy atom. The van der Waals surface area contributed by atoms with Gasteiger partial charge in [-0.3, -0.25) is 0 Å². The summed E-state index contributed by atoms with van der Waals surface area (Å²) in [6.45, 7) is 0. The molecule has 0 heterocycles. The molecule has 0 unspecified atom stereocenters. The molecule has 1 nitrogen and oxygen atoms in total. The lowest BCUT2D eigenvalue weighted by Crippen LogP contribution is -2.09. The Labute approximate surface area is 259 Å². The van der Waals surface area contributed by atoms with E-state index < -0.39 is 0 Å². The highest BCUT2D eigenvalue weighted by atomic mass is 15.1. The van der Waals surface area contributed by atoms with E-state index in [1.54, 1.807) is 0 Å². The monoisotopic (exact) mass is 561 g/mol. The van der Waals surface area contributed by atoms with Crippen molar-refractivity contribution in [1.29, 1.82) is 0 Å². The van der Waals surface area contributed by atoms with Gasteiger partial charge in [0.1, 0.15) is 0 Å². The molecule has 0 N–H and O–H groups in total. The lowest BCUT2D eigenvalue weighted by molar-refractivity contribution is 1.26. The topological polar surface area (TPSA) is 3.24 Å². The summed E-state index contributed by atoms with van der Waals surface area (Å²) >= 11 is 0. The Balaban J connectivity index is 1.10. The van der Waals surface area contributed by atoms with Gasteiger partial charge in [0.15, 0.2) is 0 Å². The van der Waals surface area contributed by atoms with Crippen molar-refractivity contribution in [2.45, 2.75) is 6.42 Å². The molecule has 1 heteroatoms. The molecule has 44 heavy (non-hydrogen) atoms. The van der Waals surface area contributed by atoms with E-state index in [2.05, 4.69) is 181 Å². The van der Waals surface area contributed by atoms with Crippen LogP contribution in [-0.2, 0) is 6.42 Å². The Morgan fingerprint density at radius 3 is 1.11 bits per heavy atom. The van der Waals surface area contributed by atoms with E-state index in [1.165, 1.54) is 55.6 Å². The van der Waals surface area contributed by atoms with Gasteiger partial charge in [0.05, 0.1) is 0 Å². The average molecular weight is 562 g/mol. The number of hydrogen-bond acceptors (Lipinski definition) is 1. The van der Waals surface area contributed by atoms with Crippen molar-refractivity contribution < 1.29 is 0 Å². The molecule has 0 atom stereocenters. The van der Waals surface area contributed by atoms with Crippen LogP contribution in [0.2, 0.25) is 0 Å². The Kier molecular flexibility index (Phi) is 6.62. The van der Waals surface area contributed by atoms with Crippen molar-refractivity contribution in [2.24, 2.45) is 0 Å². The fraction of sp³-hybridized carbons (Fsp3) is 0.0233. The van der Waals surface area contributed by atoms with Crippen LogP contribution in [0.3, 0.4) is 0 Å². The van der Waals surface area contributed by atoms with E-state index in [1.807, 2.05) is 0 Å². The second kappa shape index (κ2) is 11.2. The van der Waals surface area contributed by atoms with Crippen LogP contribution < -0.4 is 4.90 Å². The van der Waals surface area contributed by atoms with E-state index in [-0.39, 0.29) is 0 Å². The number of nitrogens with zero attached hydrogens (tertiary/aromatic N) is 1. The van der Waals surface area contributed by atoms with Crippen molar-refractivity contribution in [3.8, 4) is 44.5 Å². The molecule has 0 saturated carbocycles. The summed E-state index contributed by atoms with van der Waals surface area (Å²) in [6, 6.07) is 63.5. The molecule has 0 bridgehead atoms. The van der Waals surface area contributed by atoms with Gasteiger partial charge in [-0.2, -0.15) is 0 Å². The van der Waals surface area contributed by atoms with Crippen molar-refractivity contribution in [3.05, 3.63) is 187 Å². The standard InChI is InChI=1S/C43H31N/c1-4-10-31(11-5-1)32-16-18-33(19-17-32)35-20-22-37-28-38-23-21-36(30-43(38)42(37)29-35)34-24-26-41(27-25-34)44(39-12-6-2-7-13-39)40-14-8-3-9-15-40/h1-27,29-30H,28H2. The fourth-order valence-corrected chi connectivity index (χ4v) is 6.42. The lowest BCUT2D eigenvalue weighted by atomic mass is 9.95. The lowest BCUT2D eigenvalue weighted by Gasteiger charge is -2.25. The van der Waals surface area contributed by atoms with Crippen LogP contribution in [0.25, 0.3) is 44.5 Å². The van der Waals surface area contributed by atoms with Gasteiger partial charge < -0.3 is 4.90 Å². The summed E-state index contributed by atoms with van der Waals surface area (Å²) in [5.74, 6) is 0. The maximum atomic E-state index is 2.38. The number of para-hydroxylation sites is 2. The maximum Gasteiger partial charge on any atom is 0.0462 e. The highest BCUT2D eigenvalue weighted by Crippen LogP contribution is 2.42. The first-order chi connectivity index (χ1) is 21.8. The minimum atomic E-state index is 0.986. The van der Waals surface area contributed by atoms with E-state index in [0.717, 1.165) is 23.5 Å². The predicted molar refractivity (Wildman–Crippen MR) is 186 cm³/mol. The van der Waals surface area contributed by atoms with Gasteiger partial charge >= 0.3 is 0 Å². The molecule has 7 aromatic carbocycles. The molecule has 8 rings (SSSR count). The number of fused-ring (bicyclic) bond motifs is 3. The Bertz CT molecular complexity index is 2000. The second-order valence-corrected chi connectivity index (χ2v) is 11.4. The molecule has 1 aliphatic rings. The third-order valence-electron chi connectivity index (χ3n) is 8.70. The number of hydrogen-bond donors (Lipinski definition) is 0. The minimum Gasteiger partial charge on any atom is -0.311 e. The van der Waals surface area contributed by atoms with E-state index in [0.29, 0.717) is 0 Å². The van der Waals surface area contributed by atoms with E-state index >= 15 is 0 Å². The van der Waals surface area contributed by atoms with Gasteiger partial charge in [-0.15, -0.1) is 0 Å². The van der Waals surface area contributed by atoms with Crippen LogP contribution in [-0.4, -0.2) is 0 Å². The molecule has 1 aliphatic carbocycles. The second-order valence-electron chi connectivity index (χ2n) is 11.4. The molecule has 0 radical (unpaired) electrons. The third kappa shape index (κ3) is 4.89. The summed E-state index contributed by atoms with van der Waals surface area (Å²) in [5, 5.41) is 0. The normalized spacial score (nSPS) is 11.5. The zero-order valence-electron chi connectivity index (χ0n) is 24.4. The molecule has 0 aliphatic heterocycles. The fourth-order valence-electron chi connectivity index (χ4n) is 6.42. The molecule has 0 spiro atoms. The van der Waals surface area contributed by atoms with E-state index in [9.17, 15) is 0 Å². The number of rotatable bonds is 6. The average Bonchev–Trinajstić information content (AvgIpc) is 3.47. The number of benzene rings is 7. The van der Waals surface area contributed by atoms with Crippen molar-refractivity contribution in [2.75, 3.05) is 4.90 Å². The first kappa shape index (κ1) is 26.0. The summed E-state index contributed by atoms with van der Waals surface area (Å²) in [7, 11) is 0. The molecule has 0 aromatic heterocycles. The van der Waals surface area contributed by atoms with E-state index in [4.69, 9.17) is 0 Å². The predicted octanol–water partition coefficient (Wildman–Crippen LogP) is 11.7. The summed E-state index contributed by atoms with van der Waals surface area (Å²) in [6.07, 6.45) is 0.986. The molecule has 208 valence electrons. The van der Waals surface area contributed by atoms with Crippen LogP contribution >= 0.6 is 0 Å². The van der Waals surface area contributed by atoms with Gasteiger partial charge in [0, 0.05) is 17.1 Å². The molecule has 0 saturated heterocycles. The summed E-state index contributed by atoms with van der Waals surface area (Å²) in [5.41, 5.74) is 16.4. The highest BCUT2D eigenvalue weighted by molar-refractivity contribution is 5.85. The quantitative estimate of drug-likeness (QED) is 0.195. The maximum absolute atomic E-state index is 2.38. The highest BCUT2D eigenvalue weighted by Gasteiger charge is 2.20. The van der Waals surface area contributed by atoms with Crippen LogP contribution in [0.15, 0.2) is 176 Å². The van der Waals surface area contributed by atoms with Crippen LogP contribution in [0.4, 0.5) is 17.1 Å². The van der Waals surface area contributed by atoms with Gasteiger partial charge in [0.2, 0.25) is 0 Å². The smallest absolute Gasteiger partial charge is 0.0462 e. The van der Waals surface area contributed by atoms with Crippen molar-refractivity contribution in [1.82, 2.24) is 0 Å². The zero-order chi connectivity index (χ0) is 29.3. The molecule has 0 amide bonds. The van der Waals surface area contributed by atoms with Crippen LogP contribution in [0.5, 0.6) is 0 Å². The molecular formula is C43H31N. The molecule has 0 fully saturated rings. The Morgan fingerprint density at radius 2 is 0.636 bits per heavy atom. The SMILES string of the molecule is c1ccc(-c2ccc(-c3ccc4c(c3)-c3cc(-c5ccc(N(c6ccccc6)c6ccccc6)cc5)ccc3C4)cc2)cc1. The Hall–Kier alpha value is -5.66. The third-order valence-corrected chi connectivity index (χ3v) is 8.70. The minimum absolute atomic E-state index is 0.986. The number of anilines is 3. The van der Waals surface area contributed by atoms with Gasteiger partial charge in [-0.1, -0.05) is 127 Å². The largest absolute Gasteiger partial charge is 0.311 e. The van der Waals surface area contributed by atoms with Crippen molar-refractivity contribution >= 4 is 17.1 Å². The van der Waals surface area contributed by atoms with Crippen molar-refractivity contribution in [3.63, 3.8) is 0 Å². The molecule has 7 aromatic rings. The van der Waals surface area contributed by atoms with Crippen LogP contribution in [0, 0.1) is 0 Å².